The van der Waals surface area contributed by atoms with Crippen molar-refractivity contribution in [3.05, 3.63) is 11.9 Å². The van der Waals surface area contributed by atoms with Crippen LogP contribution >= 0.6 is 0 Å². The molecular weight excluding hydrogens is 254 g/mol. The SMILES string of the molecule is CCC1(CNCc2c(OC)ncnc2OC)CCCC1. The highest BCUT2D eigenvalue weighted by Crippen LogP contribution is 2.40. The molecule has 1 saturated carbocycles. The van der Waals surface area contributed by atoms with Crippen LogP contribution < -0.4 is 14.8 Å². The zero-order valence-electron chi connectivity index (χ0n) is 12.7. The number of nitrogens with zero attached hydrogens (tertiary/aromatic N) is 2. The lowest BCUT2D eigenvalue weighted by molar-refractivity contribution is 0.266. The predicted molar refractivity (Wildman–Crippen MR) is 78.0 cm³/mol. The van der Waals surface area contributed by atoms with Crippen LogP contribution in [0.3, 0.4) is 0 Å². The maximum Gasteiger partial charge on any atom is 0.224 e. The Morgan fingerprint density at radius 1 is 1.15 bits per heavy atom. The summed E-state index contributed by atoms with van der Waals surface area (Å²) in [4.78, 5) is 8.28. The van der Waals surface area contributed by atoms with E-state index < -0.39 is 0 Å². The normalized spacial score (nSPS) is 17.1. The molecule has 0 spiro atoms. The molecule has 0 saturated heterocycles. The van der Waals surface area contributed by atoms with Gasteiger partial charge >= 0.3 is 0 Å². The van der Waals surface area contributed by atoms with Crippen LogP contribution in [0.2, 0.25) is 0 Å². The van der Waals surface area contributed by atoms with Crippen molar-refractivity contribution >= 4 is 0 Å². The van der Waals surface area contributed by atoms with Crippen molar-refractivity contribution in [2.45, 2.75) is 45.6 Å². The first-order valence-electron chi connectivity index (χ1n) is 7.37. The smallest absolute Gasteiger partial charge is 0.224 e. The Balaban J connectivity index is 2.00. The first-order valence-corrected chi connectivity index (χ1v) is 7.37. The minimum Gasteiger partial charge on any atom is -0.481 e. The number of ether oxygens (including phenoxy) is 2. The molecular formula is C15H25N3O2. The number of rotatable bonds is 7. The Kier molecular flexibility index (Phi) is 5.17. The Labute approximate surface area is 121 Å². The molecule has 1 aliphatic rings. The fourth-order valence-electron chi connectivity index (χ4n) is 3.12. The second-order valence-electron chi connectivity index (χ2n) is 5.53. The third-order valence-electron chi connectivity index (χ3n) is 4.47. The van der Waals surface area contributed by atoms with Gasteiger partial charge in [0.05, 0.1) is 19.8 Å². The standard InChI is InChI=1S/C15H25N3O2/c1-4-15(7-5-6-8-15)10-16-9-12-13(19-2)17-11-18-14(12)20-3/h11,16H,4-10H2,1-3H3. The average molecular weight is 279 g/mol. The van der Waals surface area contributed by atoms with E-state index in [1.165, 1.54) is 38.4 Å². The summed E-state index contributed by atoms with van der Waals surface area (Å²) in [5, 5.41) is 3.54. The molecule has 0 aliphatic heterocycles. The van der Waals surface area contributed by atoms with Gasteiger partial charge in [-0.3, -0.25) is 0 Å². The van der Waals surface area contributed by atoms with Gasteiger partial charge in [0, 0.05) is 13.1 Å². The van der Waals surface area contributed by atoms with Gasteiger partial charge in [-0.05, 0) is 24.7 Å². The molecule has 0 unspecified atom stereocenters. The quantitative estimate of drug-likeness (QED) is 0.831. The molecule has 0 radical (unpaired) electrons. The number of aromatic nitrogens is 2. The highest BCUT2D eigenvalue weighted by Gasteiger charge is 2.31. The summed E-state index contributed by atoms with van der Waals surface area (Å²) in [6.45, 7) is 4.00. The lowest BCUT2D eigenvalue weighted by atomic mass is 9.83. The summed E-state index contributed by atoms with van der Waals surface area (Å²) in [5.74, 6) is 1.17. The van der Waals surface area contributed by atoms with Gasteiger partial charge in [-0.15, -0.1) is 0 Å². The van der Waals surface area contributed by atoms with Crippen LogP contribution in [0.25, 0.3) is 0 Å². The monoisotopic (exact) mass is 279 g/mol. The lowest BCUT2D eigenvalue weighted by Crippen LogP contribution is -2.31. The summed E-state index contributed by atoms with van der Waals surface area (Å²) in [7, 11) is 3.24. The number of nitrogens with one attached hydrogen (secondary N) is 1. The predicted octanol–water partition coefficient (Wildman–Crippen LogP) is 2.55. The van der Waals surface area contributed by atoms with E-state index in [1.54, 1.807) is 14.2 Å². The van der Waals surface area contributed by atoms with Crippen molar-refractivity contribution in [2.75, 3.05) is 20.8 Å². The van der Waals surface area contributed by atoms with Gasteiger partial charge < -0.3 is 14.8 Å². The second kappa shape index (κ2) is 6.88. The molecule has 112 valence electrons. The second-order valence-corrected chi connectivity index (χ2v) is 5.53. The minimum absolute atomic E-state index is 0.468. The summed E-state index contributed by atoms with van der Waals surface area (Å²) < 4.78 is 10.6. The van der Waals surface area contributed by atoms with E-state index in [1.807, 2.05) is 0 Å². The number of hydrogen-bond acceptors (Lipinski definition) is 5. The van der Waals surface area contributed by atoms with Gasteiger partial charge in [0.25, 0.3) is 0 Å². The molecule has 0 bridgehead atoms. The van der Waals surface area contributed by atoms with Gasteiger partial charge in [0.15, 0.2) is 0 Å². The summed E-state index contributed by atoms with van der Waals surface area (Å²) in [5.41, 5.74) is 1.36. The molecule has 5 heteroatoms. The third-order valence-corrected chi connectivity index (χ3v) is 4.47. The van der Waals surface area contributed by atoms with E-state index >= 15 is 0 Å². The zero-order valence-corrected chi connectivity index (χ0v) is 12.7. The van der Waals surface area contributed by atoms with Crippen LogP contribution in [0.4, 0.5) is 0 Å². The summed E-state index contributed by atoms with van der Waals surface area (Å²) >= 11 is 0. The first kappa shape index (κ1) is 15.0. The zero-order chi connectivity index (χ0) is 14.4. The molecule has 0 amide bonds. The van der Waals surface area contributed by atoms with Crippen LogP contribution in [0.5, 0.6) is 11.8 Å². The van der Waals surface area contributed by atoms with Gasteiger partial charge in [-0.25, -0.2) is 9.97 Å². The van der Waals surface area contributed by atoms with Crippen molar-refractivity contribution < 1.29 is 9.47 Å². The molecule has 20 heavy (non-hydrogen) atoms. The summed E-state index contributed by atoms with van der Waals surface area (Å²) in [6, 6.07) is 0. The molecule has 1 aromatic rings. The van der Waals surface area contributed by atoms with Crippen molar-refractivity contribution in [3.8, 4) is 11.8 Å². The van der Waals surface area contributed by atoms with E-state index in [0.717, 1.165) is 12.1 Å². The molecule has 0 atom stereocenters. The van der Waals surface area contributed by atoms with E-state index in [4.69, 9.17) is 9.47 Å². The Morgan fingerprint density at radius 2 is 1.75 bits per heavy atom. The number of methoxy groups -OCH3 is 2. The van der Waals surface area contributed by atoms with Gasteiger partial charge in [0.2, 0.25) is 11.8 Å². The van der Waals surface area contributed by atoms with Crippen LogP contribution in [-0.2, 0) is 6.54 Å². The topological polar surface area (TPSA) is 56.3 Å². The highest BCUT2D eigenvalue weighted by atomic mass is 16.5. The maximum absolute atomic E-state index is 5.29. The molecule has 1 heterocycles. The van der Waals surface area contributed by atoms with Gasteiger partial charge in [0.1, 0.15) is 6.33 Å². The largest absolute Gasteiger partial charge is 0.481 e. The minimum atomic E-state index is 0.468. The first-order chi connectivity index (χ1) is 9.74. The molecule has 1 aliphatic carbocycles. The molecule has 1 aromatic heterocycles. The van der Waals surface area contributed by atoms with Crippen molar-refractivity contribution in [1.29, 1.82) is 0 Å². The number of hydrogen-bond donors (Lipinski definition) is 1. The molecule has 1 fully saturated rings. The molecule has 5 nitrogen and oxygen atoms in total. The van der Waals surface area contributed by atoms with E-state index in [0.29, 0.717) is 23.7 Å². The van der Waals surface area contributed by atoms with Crippen molar-refractivity contribution in [3.63, 3.8) is 0 Å². The third kappa shape index (κ3) is 3.20. The lowest BCUT2D eigenvalue weighted by Gasteiger charge is -2.28. The van der Waals surface area contributed by atoms with E-state index in [2.05, 4.69) is 22.2 Å². The van der Waals surface area contributed by atoms with Gasteiger partial charge in [-0.2, -0.15) is 0 Å². The van der Waals surface area contributed by atoms with Crippen LogP contribution in [0, 0.1) is 5.41 Å². The van der Waals surface area contributed by atoms with Crippen molar-refractivity contribution in [2.24, 2.45) is 5.41 Å². The van der Waals surface area contributed by atoms with E-state index in [-0.39, 0.29) is 0 Å². The van der Waals surface area contributed by atoms with Crippen molar-refractivity contribution in [1.82, 2.24) is 15.3 Å². The average Bonchev–Trinajstić information content (AvgIpc) is 2.96. The van der Waals surface area contributed by atoms with Crippen LogP contribution in [0.15, 0.2) is 6.33 Å². The van der Waals surface area contributed by atoms with Crippen LogP contribution in [-0.4, -0.2) is 30.7 Å². The Bertz CT molecular complexity index is 409. The summed E-state index contributed by atoms with van der Waals surface area (Å²) in [6.07, 6.45) is 8.07. The fraction of sp³-hybridized carbons (Fsp3) is 0.733. The molecule has 1 N–H and O–H groups in total. The maximum atomic E-state index is 5.29. The molecule has 2 rings (SSSR count). The van der Waals surface area contributed by atoms with E-state index in [9.17, 15) is 0 Å². The Morgan fingerprint density at radius 3 is 2.25 bits per heavy atom. The fourth-order valence-corrected chi connectivity index (χ4v) is 3.12. The Hall–Kier alpha value is -1.36. The van der Waals surface area contributed by atoms with Crippen LogP contribution in [0.1, 0.15) is 44.6 Å². The highest BCUT2D eigenvalue weighted by molar-refractivity contribution is 5.34. The molecule has 0 aromatic carbocycles. The van der Waals surface area contributed by atoms with Gasteiger partial charge in [-0.1, -0.05) is 19.8 Å².